The van der Waals surface area contributed by atoms with E-state index in [1.54, 1.807) is 19.5 Å². The van der Waals surface area contributed by atoms with Crippen molar-refractivity contribution in [1.82, 2.24) is 15.2 Å². The van der Waals surface area contributed by atoms with Gasteiger partial charge in [0.25, 0.3) is 0 Å². The highest BCUT2D eigenvalue weighted by Gasteiger charge is 2.21. The Hall–Kier alpha value is -2.60. The Morgan fingerprint density at radius 2 is 2.15 bits per heavy atom. The van der Waals surface area contributed by atoms with Crippen molar-refractivity contribution >= 4 is 5.91 Å². The molecule has 1 atom stereocenters. The number of aromatic nitrogens is 1. The third-order valence-corrected chi connectivity index (χ3v) is 4.46. The fourth-order valence-electron chi connectivity index (χ4n) is 3.09. The largest absolute Gasteiger partial charge is 0.497 e. The minimum Gasteiger partial charge on any atom is -0.497 e. The highest BCUT2D eigenvalue weighted by atomic mass is 16.5. The van der Waals surface area contributed by atoms with E-state index in [0.717, 1.165) is 35.6 Å². The summed E-state index contributed by atoms with van der Waals surface area (Å²) in [5, 5.41) is 3.02. The van der Waals surface area contributed by atoms with Crippen molar-refractivity contribution in [3.63, 3.8) is 0 Å². The highest BCUT2D eigenvalue weighted by molar-refractivity contribution is 5.78. The Kier molecular flexibility index (Phi) is 6.07. The van der Waals surface area contributed by atoms with Crippen LogP contribution in [0.25, 0.3) is 0 Å². The van der Waals surface area contributed by atoms with E-state index < -0.39 is 0 Å². The van der Waals surface area contributed by atoms with Crippen LogP contribution in [0.3, 0.4) is 0 Å². The molecular formula is C20H25N3O3. The van der Waals surface area contributed by atoms with E-state index in [1.165, 1.54) is 0 Å². The SMILES string of the molecule is COc1ccc2c(c1)OC[C@H](CNC(=O)CN(C)Cc1ccncc1)C2. The number of pyridine rings is 1. The molecule has 26 heavy (non-hydrogen) atoms. The maximum atomic E-state index is 12.2. The lowest BCUT2D eigenvalue weighted by molar-refractivity contribution is -0.122. The van der Waals surface area contributed by atoms with E-state index in [9.17, 15) is 4.79 Å². The number of fused-ring (bicyclic) bond motifs is 1. The average molecular weight is 355 g/mol. The molecule has 0 radical (unpaired) electrons. The standard InChI is InChI=1S/C20H25N3O3/c1-23(12-15-5-7-21-8-6-15)13-20(24)22-11-16-9-17-3-4-18(25-2)10-19(17)26-14-16/h3-8,10,16H,9,11-14H2,1-2H3,(H,22,24)/t16-/m0/s1. The molecule has 3 rings (SSSR count). The lowest BCUT2D eigenvalue weighted by Gasteiger charge is -2.26. The number of hydrogen-bond donors (Lipinski definition) is 1. The van der Waals surface area contributed by atoms with E-state index in [4.69, 9.17) is 9.47 Å². The molecule has 1 N–H and O–H groups in total. The molecule has 1 aliphatic rings. The molecule has 2 aromatic rings. The van der Waals surface area contributed by atoms with E-state index in [2.05, 4.69) is 10.3 Å². The predicted molar refractivity (Wildman–Crippen MR) is 99.3 cm³/mol. The molecule has 6 nitrogen and oxygen atoms in total. The van der Waals surface area contributed by atoms with Crippen LogP contribution in [-0.2, 0) is 17.8 Å². The fourth-order valence-corrected chi connectivity index (χ4v) is 3.09. The number of hydrogen-bond acceptors (Lipinski definition) is 5. The topological polar surface area (TPSA) is 63.7 Å². The molecule has 1 aliphatic heterocycles. The second kappa shape index (κ2) is 8.67. The number of rotatable bonds is 7. The zero-order chi connectivity index (χ0) is 18.4. The van der Waals surface area contributed by atoms with Gasteiger partial charge in [0.05, 0.1) is 20.3 Å². The quantitative estimate of drug-likeness (QED) is 0.822. The fraction of sp³-hybridized carbons (Fsp3) is 0.400. The molecular weight excluding hydrogens is 330 g/mol. The number of benzene rings is 1. The molecule has 1 aromatic heterocycles. The first-order valence-corrected chi connectivity index (χ1v) is 8.78. The van der Waals surface area contributed by atoms with Gasteiger partial charge in [-0.3, -0.25) is 14.7 Å². The van der Waals surface area contributed by atoms with Crippen LogP contribution in [-0.4, -0.2) is 49.6 Å². The van der Waals surface area contributed by atoms with Gasteiger partial charge in [-0.25, -0.2) is 0 Å². The monoisotopic (exact) mass is 355 g/mol. The Bertz CT molecular complexity index is 736. The van der Waals surface area contributed by atoms with Crippen molar-refractivity contribution in [2.75, 3.05) is 33.9 Å². The number of amides is 1. The minimum atomic E-state index is 0.0297. The van der Waals surface area contributed by atoms with Crippen molar-refractivity contribution < 1.29 is 14.3 Å². The van der Waals surface area contributed by atoms with Crippen LogP contribution in [0.4, 0.5) is 0 Å². The van der Waals surface area contributed by atoms with E-state index in [1.807, 2.05) is 42.3 Å². The first-order valence-electron chi connectivity index (χ1n) is 8.78. The summed E-state index contributed by atoms with van der Waals surface area (Å²) in [7, 11) is 3.59. The lowest BCUT2D eigenvalue weighted by Crippen LogP contribution is -2.39. The number of ether oxygens (including phenoxy) is 2. The van der Waals surface area contributed by atoms with Crippen LogP contribution in [0.15, 0.2) is 42.7 Å². The molecule has 1 aromatic carbocycles. The van der Waals surface area contributed by atoms with Gasteiger partial charge in [-0.2, -0.15) is 0 Å². The Morgan fingerprint density at radius 1 is 1.35 bits per heavy atom. The molecule has 0 unspecified atom stereocenters. The van der Waals surface area contributed by atoms with E-state index in [-0.39, 0.29) is 11.8 Å². The molecule has 0 fully saturated rings. The van der Waals surface area contributed by atoms with Gasteiger partial charge in [-0.15, -0.1) is 0 Å². The van der Waals surface area contributed by atoms with Gasteiger partial charge < -0.3 is 14.8 Å². The van der Waals surface area contributed by atoms with Crippen molar-refractivity contribution in [3.8, 4) is 11.5 Å². The Balaban J connectivity index is 1.43. The summed E-state index contributed by atoms with van der Waals surface area (Å²) in [4.78, 5) is 18.2. The molecule has 1 amide bonds. The average Bonchev–Trinajstić information content (AvgIpc) is 2.66. The third-order valence-electron chi connectivity index (χ3n) is 4.46. The predicted octanol–water partition coefficient (Wildman–Crippen LogP) is 1.89. The highest BCUT2D eigenvalue weighted by Crippen LogP contribution is 2.30. The molecule has 0 saturated carbocycles. The molecule has 138 valence electrons. The van der Waals surface area contributed by atoms with E-state index in [0.29, 0.717) is 19.7 Å². The number of nitrogens with zero attached hydrogens (tertiary/aromatic N) is 2. The molecule has 0 spiro atoms. The maximum Gasteiger partial charge on any atom is 0.234 e. The number of carbonyl (C=O) groups excluding carboxylic acids is 1. The van der Waals surface area contributed by atoms with Crippen molar-refractivity contribution in [2.24, 2.45) is 5.92 Å². The zero-order valence-corrected chi connectivity index (χ0v) is 15.3. The molecule has 2 heterocycles. The van der Waals surface area contributed by atoms with Crippen molar-refractivity contribution in [3.05, 3.63) is 53.9 Å². The van der Waals surface area contributed by atoms with Gasteiger partial charge in [-0.1, -0.05) is 6.07 Å². The van der Waals surface area contributed by atoms with Crippen molar-refractivity contribution in [1.29, 1.82) is 0 Å². The molecule has 0 saturated heterocycles. The van der Waals surface area contributed by atoms with Gasteiger partial charge in [0.1, 0.15) is 11.5 Å². The second-order valence-electron chi connectivity index (χ2n) is 6.69. The van der Waals surface area contributed by atoms with Crippen LogP contribution >= 0.6 is 0 Å². The van der Waals surface area contributed by atoms with Crippen molar-refractivity contribution in [2.45, 2.75) is 13.0 Å². The number of methoxy groups -OCH3 is 1. The lowest BCUT2D eigenvalue weighted by atomic mass is 9.96. The van der Waals surface area contributed by atoms with Crippen LogP contribution in [0.1, 0.15) is 11.1 Å². The summed E-state index contributed by atoms with van der Waals surface area (Å²) in [6.07, 6.45) is 4.42. The summed E-state index contributed by atoms with van der Waals surface area (Å²) in [6.45, 7) is 2.31. The van der Waals surface area contributed by atoms with Crippen LogP contribution in [0, 0.1) is 5.92 Å². The van der Waals surface area contributed by atoms with Gasteiger partial charge >= 0.3 is 0 Å². The van der Waals surface area contributed by atoms with Gasteiger partial charge in [0, 0.05) is 37.5 Å². The third kappa shape index (κ3) is 4.95. The smallest absolute Gasteiger partial charge is 0.234 e. The first kappa shape index (κ1) is 18.2. The molecule has 0 bridgehead atoms. The first-order chi connectivity index (χ1) is 12.6. The van der Waals surface area contributed by atoms with Crippen LogP contribution in [0.2, 0.25) is 0 Å². The summed E-state index contributed by atoms with van der Waals surface area (Å²) < 4.78 is 11.0. The zero-order valence-electron chi connectivity index (χ0n) is 15.3. The number of likely N-dealkylation sites (N-methyl/N-ethyl adjacent to an activating group) is 1. The summed E-state index contributed by atoms with van der Waals surface area (Å²) >= 11 is 0. The molecule has 6 heteroatoms. The normalized spacial score (nSPS) is 15.9. The maximum absolute atomic E-state index is 12.2. The van der Waals surface area contributed by atoms with Gasteiger partial charge in [0.15, 0.2) is 0 Å². The van der Waals surface area contributed by atoms with Gasteiger partial charge in [0.2, 0.25) is 5.91 Å². The molecule has 0 aliphatic carbocycles. The summed E-state index contributed by atoms with van der Waals surface area (Å²) in [6, 6.07) is 9.81. The minimum absolute atomic E-state index is 0.0297. The van der Waals surface area contributed by atoms with Gasteiger partial charge in [-0.05, 0) is 42.8 Å². The second-order valence-corrected chi connectivity index (χ2v) is 6.69. The number of nitrogens with one attached hydrogen (secondary N) is 1. The Labute approximate surface area is 154 Å². The Morgan fingerprint density at radius 3 is 2.92 bits per heavy atom. The number of carbonyl (C=O) groups is 1. The van der Waals surface area contributed by atoms with Crippen LogP contribution < -0.4 is 14.8 Å². The van der Waals surface area contributed by atoms with E-state index >= 15 is 0 Å². The summed E-state index contributed by atoms with van der Waals surface area (Å²) in [5.74, 6) is 1.99. The van der Waals surface area contributed by atoms with Crippen LogP contribution in [0.5, 0.6) is 11.5 Å². The summed E-state index contributed by atoms with van der Waals surface area (Å²) in [5.41, 5.74) is 2.30.